The number of carbonyl (C=O) groups excluding carboxylic acids is 1. The molecular formula is C16H25N3O3S. The molecule has 23 heavy (non-hydrogen) atoms. The highest BCUT2D eigenvalue weighted by Crippen LogP contribution is 2.15. The van der Waals surface area contributed by atoms with Crippen LogP contribution in [0, 0.1) is 0 Å². The van der Waals surface area contributed by atoms with Crippen molar-refractivity contribution in [2.45, 2.75) is 44.2 Å². The van der Waals surface area contributed by atoms with Crippen molar-refractivity contribution in [3.63, 3.8) is 0 Å². The van der Waals surface area contributed by atoms with Crippen molar-refractivity contribution in [2.75, 3.05) is 19.6 Å². The van der Waals surface area contributed by atoms with Crippen LogP contribution < -0.4 is 10.0 Å². The summed E-state index contributed by atoms with van der Waals surface area (Å²) in [7, 11) is -3.53. The first-order valence-corrected chi connectivity index (χ1v) is 9.47. The summed E-state index contributed by atoms with van der Waals surface area (Å²) in [6.07, 6.45) is 0.719. The highest BCUT2D eigenvalue weighted by Gasteiger charge is 2.24. The number of amides is 1. The van der Waals surface area contributed by atoms with Gasteiger partial charge in [0.2, 0.25) is 10.0 Å². The molecule has 1 aliphatic rings. The number of benzene rings is 1. The van der Waals surface area contributed by atoms with Crippen molar-refractivity contribution in [1.82, 2.24) is 14.9 Å². The largest absolute Gasteiger partial charge is 0.333 e. The van der Waals surface area contributed by atoms with Crippen molar-refractivity contribution >= 4 is 15.9 Å². The van der Waals surface area contributed by atoms with Crippen LogP contribution in [0.5, 0.6) is 0 Å². The number of sulfonamides is 1. The summed E-state index contributed by atoms with van der Waals surface area (Å²) in [6, 6.07) is 6.16. The van der Waals surface area contributed by atoms with Crippen molar-refractivity contribution in [3.8, 4) is 0 Å². The van der Waals surface area contributed by atoms with E-state index in [1.807, 2.05) is 25.7 Å². The quantitative estimate of drug-likeness (QED) is 0.845. The lowest BCUT2D eigenvalue weighted by atomic mass is 10.1. The van der Waals surface area contributed by atoms with Crippen LogP contribution in [0.1, 0.15) is 37.6 Å². The third-order valence-corrected chi connectivity index (χ3v) is 5.75. The summed E-state index contributed by atoms with van der Waals surface area (Å²) in [5.41, 5.74) is 0.515. The first kappa shape index (κ1) is 17.9. The lowest BCUT2D eigenvalue weighted by molar-refractivity contribution is 0.0655. The third kappa shape index (κ3) is 4.31. The summed E-state index contributed by atoms with van der Waals surface area (Å²) >= 11 is 0. The van der Waals surface area contributed by atoms with E-state index in [0.717, 1.165) is 19.5 Å². The standard InChI is InChI=1S/C16H25N3O3S/c1-4-12(2)18-23(21,22)15-7-5-14(6-8-15)16(20)19-10-9-17-11-13(19)3/h5-8,12-13,17-18H,4,9-11H2,1-3H3. The Bertz CT molecular complexity index is 643. The van der Waals surface area contributed by atoms with E-state index in [9.17, 15) is 13.2 Å². The Labute approximate surface area is 138 Å². The molecule has 0 radical (unpaired) electrons. The number of hydrogen-bond acceptors (Lipinski definition) is 4. The highest BCUT2D eigenvalue weighted by molar-refractivity contribution is 7.89. The Morgan fingerprint density at radius 2 is 2.04 bits per heavy atom. The fraction of sp³-hybridized carbons (Fsp3) is 0.562. The van der Waals surface area contributed by atoms with Gasteiger partial charge in [-0.05, 0) is 44.5 Å². The predicted molar refractivity (Wildman–Crippen MR) is 89.9 cm³/mol. The van der Waals surface area contributed by atoms with E-state index >= 15 is 0 Å². The number of carbonyl (C=O) groups is 1. The average molecular weight is 339 g/mol. The molecule has 7 heteroatoms. The van der Waals surface area contributed by atoms with Crippen LogP contribution in [-0.4, -0.2) is 50.9 Å². The molecule has 1 aliphatic heterocycles. The Balaban J connectivity index is 2.14. The zero-order chi connectivity index (χ0) is 17.0. The minimum atomic E-state index is -3.53. The van der Waals surface area contributed by atoms with Crippen molar-refractivity contribution in [1.29, 1.82) is 0 Å². The van der Waals surface area contributed by atoms with Gasteiger partial charge >= 0.3 is 0 Å². The molecule has 1 amide bonds. The molecule has 0 saturated carbocycles. The van der Waals surface area contributed by atoms with Gasteiger partial charge in [-0.1, -0.05) is 6.92 Å². The minimum absolute atomic E-state index is 0.0576. The average Bonchev–Trinajstić information content (AvgIpc) is 2.54. The van der Waals surface area contributed by atoms with Gasteiger partial charge in [0, 0.05) is 37.3 Å². The summed E-state index contributed by atoms with van der Waals surface area (Å²) in [5, 5.41) is 3.24. The van der Waals surface area contributed by atoms with Crippen LogP contribution in [0.3, 0.4) is 0 Å². The third-order valence-electron chi connectivity index (χ3n) is 4.14. The highest BCUT2D eigenvalue weighted by atomic mass is 32.2. The molecule has 2 unspecified atom stereocenters. The van der Waals surface area contributed by atoms with Gasteiger partial charge in [-0.2, -0.15) is 0 Å². The van der Waals surface area contributed by atoms with Crippen molar-refractivity contribution < 1.29 is 13.2 Å². The van der Waals surface area contributed by atoms with Crippen LogP contribution in [0.2, 0.25) is 0 Å². The molecule has 1 fully saturated rings. The van der Waals surface area contributed by atoms with Gasteiger partial charge in [0.1, 0.15) is 0 Å². The van der Waals surface area contributed by atoms with Gasteiger partial charge in [-0.25, -0.2) is 13.1 Å². The van der Waals surface area contributed by atoms with E-state index in [0.29, 0.717) is 12.1 Å². The molecule has 2 rings (SSSR count). The SMILES string of the molecule is CCC(C)NS(=O)(=O)c1ccc(C(=O)N2CCNCC2C)cc1. The number of rotatable bonds is 5. The molecule has 1 aromatic rings. The first-order chi connectivity index (χ1) is 10.8. The zero-order valence-electron chi connectivity index (χ0n) is 13.9. The number of hydrogen-bond donors (Lipinski definition) is 2. The Hall–Kier alpha value is -1.44. The van der Waals surface area contributed by atoms with E-state index in [2.05, 4.69) is 10.0 Å². The molecular weight excluding hydrogens is 314 g/mol. The maximum atomic E-state index is 12.5. The summed E-state index contributed by atoms with van der Waals surface area (Å²) < 4.78 is 27.1. The van der Waals surface area contributed by atoms with Gasteiger partial charge in [0.05, 0.1) is 4.90 Å². The van der Waals surface area contributed by atoms with Gasteiger partial charge in [0.15, 0.2) is 0 Å². The molecule has 2 atom stereocenters. The molecule has 0 aromatic heterocycles. The van der Waals surface area contributed by atoms with E-state index < -0.39 is 10.0 Å². The van der Waals surface area contributed by atoms with Gasteiger partial charge in [-0.3, -0.25) is 4.79 Å². The lowest BCUT2D eigenvalue weighted by Gasteiger charge is -2.34. The van der Waals surface area contributed by atoms with Gasteiger partial charge in [-0.15, -0.1) is 0 Å². The summed E-state index contributed by atoms with van der Waals surface area (Å²) in [5.74, 6) is -0.0576. The molecule has 1 heterocycles. The smallest absolute Gasteiger partial charge is 0.254 e. The molecule has 1 saturated heterocycles. The van der Waals surface area contributed by atoms with E-state index in [1.54, 1.807) is 12.1 Å². The lowest BCUT2D eigenvalue weighted by Crippen LogP contribution is -2.52. The first-order valence-electron chi connectivity index (χ1n) is 7.99. The topological polar surface area (TPSA) is 78.5 Å². The Morgan fingerprint density at radius 3 is 2.61 bits per heavy atom. The Kier molecular flexibility index (Phi) is 5.78. The van der Waals surface area contributed by atoms with Crippen molar-refractivity contribution in [2.24, 2.45) is 0 Å². The van der Waals surface area contributed by atoms with Crippen LogP contribution in [0.4, 0.5) is 0 Å². The van der Waals surface area contributed by atoms with Crippen LogP contribution in [0.15, 0.2) is 29.2 Å². The predicted octanol–water partition coefficient (Wildman–Crippen LogP) is 1.20. The summed E-state index contributed by atoms with van der Waals surface area (Å²) in [6.45, 7) is 7.96. The van der Waals surface area contributed by atoms with Crippen LogP contribution in [0.25, 0.3) is 0 Å². The van der Waals surface area contributed by atoms with E-state index in [1.165, 1.54) is 12.1 Å². The van der Waals surface area contributed by atoms with Crippen LogP contribution in [-0.2, 0) is 10.0 Å². The van der Waals surface area contributed by atoms with E-state index in [4.69, 9.17) is 0 Å². The molecule has 0 bridgehead atoms. The number of nitrogens with zero attached hydrogens (tertiary/aromatic N) is 1. The zero-order valence-corrected chi connectivity index (χ0v) is 14.7. The maximum Gasteiger partial charge on any atom is 0.254 e. The Morgan fingerprint density at radius 1 is 1.39 bits per heavy atom. The molecule has 0 aliphatic carbocycles. The van der Waals surface area contributed by atoms with Crippen LogP contribution >= 0.6 is 0 Å². The van der Waals surface area contributed by atoms with Gasteiger partial charge < -0.3 is 10.2 Å². The second kappa shape index (κ2) is 7.42. The van der Waals surface area contributed by atoms with Crippen molar-refractivity contribution in [3.05, 3.63) is 29.8 Å². The van der Waals surface area contributed by atoms with E-state index in [-0.39, 0.29) is 22.9 Å². The second-order valence-corrected chi connectivity index (χ2v) is 7.72. The number of piperazine rings is 1. The van der Waals surface area contributed by atoms with Gasteiger partial charge in [0.25, 0.3) is 5.91 Å². The maximum absolute atomic E-state index is 12.5. The fourth-order valence-corrected chi connectivity index (χ4v) is 3.83. The summed E-state index contributed by atoms with van der Waals surface area (Å²) in [4.78, 5) is 14.5. The molecule has 0 spiro atoms. The normalized spacial score (nSPS) is 20.3. The monoisotopic (exact) mass is 339 g/mol. The fourth-order valence-electron chi connectivity index (χ4n) is 2.50. The number of nitrogens with one attached hydrogen (secondary N) is 2. The molecule has 128 valence electrons. The molecule has 2 N–H and O–H groups in total. The molecule has 6 nitrogen and oxygen atoms in total. The minimum Gasteiger partial charge on any atom is -0.333 e. The molecule has 1 aromatic carbocycles. The second-order valence-electron chi connectivity index (χ2n) is 6.01.